The third-order valence-corrected chi connectivity index (χ3v) is 5.71. The molecule has 2 amide bonds. The van der Waals surface area contributed by atoms with Crippen LogP contribution in [-0.2, 0) is 20.9 Å². The Balaban J connectivity index is 1.72. The highest BCUT2D eigenvalue weighted by Crippen LogP contribution is 2.29. The van der Waals surface area contributed by atoms with Gasteiger partial charge in [-0.15, -0.1) is 0 Å². The Hall–Kier alpha value is -3.95. The van der Waals surface area contributed by atoms with Crippen molar-refractivity contribution < 1.29 is 28.8 Å². The molecule has 1 saturated heterocycles. The van der Waals surface area contributed by atoms with E-state index in [0.717, 1.165) is 11.6 Å². The summed E-state index contributed by atoms with van der Waals surface area (Å²) in [7, 11) is 0. The standard InChI is InChI=1S/C26H31N3O7/c1-17-14-20(29(33)34)15-21(22(17)24(31)35-16-18-8-6-5-7-9-18)27-25(32)28-12-10-19(11-13-28)23(30)36-26(2,3)4/h5-9,14-15,19H,10-13,16H2,1-4H3,(H,27,32). The zero-order valence-corrected chi connectivity index (χ0v) is 20.9. The molecule has 192 valence electrons. The lowest BCUT2D eigenvalue weighted by atomic mass is 9.97. The normalized spacial score (nSPS) is 14.2. The highest BCUT2D eigenvalue weighted by Gasteiger charge is 2.31. The smallest absolute Gasteiger partial charge is 0.340 e. The fourth-order valence-electron chi connectivity index (χ4n) is 3.94. The van der Waals surface area contributed by atoms with Crippen LogP contribution in [0.5, 0.6) is 0 Å². The van der Waals surface area contributed by atoms with Crippen LogP contribution >= 0.6 is 0 Å². The molecule has 0 aromatic heterocycles. The molecule has 0 radical (unpaired) electrons. The summed E-state index contributed by atoms with van der Waals surface area (Å²) < 4.78 is 10.9. The van der Waals surface area contributed by atoms with Crippen molar-refractivity contribution in [3.05, 3.63) is 69.3 Å². The summed E-state index contributed by atoms with van der Waals surface area (Å²) in [5.41, 5.74) is 0.292. The number of aryl methyl sites for hydroxylation is 1. The third-order valence-electron chi connectivity index (χ3n) is 5.71. The third kappa shape index (κ3) is 7.03. The second-order valence-electron chi connectivity index (χ2n) is 9.73. The molecule has 0 unspecified atom stereocenters. The number of amides is 2. The van der Waals surface area contributed by atoms with Gasteiger partial charge in [-0.2, -0.15) is 0 Å². The quantitative estimate of drug-likeness (QED) is 0.343. The summed E-state index contributed by atoms with van der Waals surface area (Å²) in [6, 6.07) is 11.0. The molecule has 0 bridgehead atoms. The van der Waals surface area contributed by atoms with Gasteiger partial charge in [0.15, 0.2) is 0 Å². The number of carbonyl (C=O) groups excluding carboxylic acids is 3. The first kappa shape index (κ1) is 26.7. The number of urea groups is 1. The molecule has 10 nitrogen and oxygen atoms in total. The summed E-state index contributed by atoms with van der Waals surface area (Å²) in [4.78, 5) is 50.6. The largest absolute Gasteiger partial charge is 0.460 e. The number of non-ortho nitro benzene ring substituents is 1. The second-order valence-corrected chi connectivity index (χ2v) is 9.73. The molecule has 1 fully saturated rings. The number of rotatable bonds is 6. The Morgan fingerprint density at radius 3 is 2.33 bits per heavy atom. The Morgan fingerprint density at radius 1 is 1.11 bits per heavy atom. The monoisotopic (exact) mass is 497 g/mol. The van der Waals surface area contributed by atoms with Crippen LogP contribution < -0.4 is 5.32 Å². The lowest BCUT2D eigenvalue weighted by molar-refractivity contribution is -0.384. The first-order valence-electron chi connectivity index (χ1n) is 11.7. The molecule has 0 aliphatic carbocycles. The average Bonchev–Trinajstić information content (AvgIpc) is 2.82. The number of hydrogen-bond acceptors (Lipinski definition) is 7. The molecule has 1 heterocycles. The molecule has 2 aromatic rings. The van der Waals surface area contributed by atoms with Crippen molar-refractivity contribution in [2.45, 2.75) is 52.7 Å². The number of nitro groups is 1. The van der Waals surface area contributed by atoms with Crippen molar-refractivity contribution in [3.63, 3.8) is 0 Å². The highest BCUT2D eigenvalue weighted by molar-refractivity contribution is 6.02. The number of ether oxygens (including phenoxy) is 2. The zero-order chi connectivity index (χ0) is 26.5. The van der Waals surface area contributed by atoms with Crippen molar-refractivity contribution in [1.29, 1.82) is 0 Å². The van der Waals surface area contributed by atoms with Gasteiger partial charge in [0, 0.05) is 25.2 Å². The molecule has 0 spiro atoms. The van der Waals surface area contributed by atoms with Gasteiger partial charge in [-0.3, -0.25) is 14.9 Å². The number of piperidine rings is 1. The lowest BCUT2D eigenvalue weighted by Crippen LogP contribution is -2.43. The summed E-state index contributed by atoms with van der Waals surface area (Å²) in [6.07, 6.45) is 0.866. The molecule has 1 N–H and O–H groups in total. The minimum absolute atomic E-state index is 0.000901. The van der Waals surface area contributed by atoms with E-state index in [-0.39, 0.29) is 35.4 Å². The topological polar surface area (TPSA) is 128 Å². The number of nitrogens with one attached hydrogen (secondary N) is 1. The maximum absolute atomic E-state index is 13.0. The van der Waals surface area contributed by atoms with Gasteiger partial charge >= 0.3 is 18.0 Å². The van der Waals surface area contributed by atoms with Crippen LogP contribution in [0, 0.1) is 23.0 Å². The maximum Gasteiger partial charge on any atom is 0.340 e. The van der Waals surface area contributed by atoms with Gasteiger partial charge in [0.1, 0.15) is 12.2 Å². The number of hydrogen-bond donors (Lipinski definition) is 1. The second kappa shape index (κ2) is 11.2. The van der Waals surface area contributed by atoms with Gasteiger partial charge in [-0.25, -0.2) is 9.59 Å². The number of nitrogens with zero attached hydrogens (tertiary/aromatic N) is 2. The van der Waals surface area contributed by atoms with Gasteiger partial charge in [-0.05, 0) is 51.7 Å². The molecule has 0 atom stereocenters. The van der Waals surface area contributed by atoms with E-state index in [1.165, 1.54) is 11.0 Å². The van der Waals surface area contributed by atoms with E-state index in [9.17, 15) is 24.5 Å². The van der Waals surface area contributed by atoms with Crippen LogP contribution in [0.15, 0.2) is 42.5 Å². The number of carbonyl (C=O) groups is 3. The summed E-state index contributed by atoms with van der Waals surface area (Å²) in [6.45, 7) is 7.58. The molecular weight excluding hydrogens is 466 g/mol. The van der Waals surface area contributed by atoms with E-state index >= 15 is 0 Å². The molecule has 0 saturated carbocycles. The molecule has 3 rings (SSSR count). The minimum atomic E-state index is -0.704. The molecule has 2 aromatic carbocycles. The maximum atomic E-state index is 13.0. The van der Waals surface area contributed by atoms with Gasteiger partial charge in [-0.1, -0.05) is 30.3 Å². The van der Waals surface area contributed by atoms with Crippen LogP contribution in [0.25, 0.3) is 0 Å². The number of anilines is 1. The fraction of sp³-hybridized carbons (Fsp3) is 0.423. The Kier molecular flexibility index (Phi) is 8.29. The Morgan fingerprint density at radius 2 is 1.75 bits per heavy atom. The summed E-state index contributed by atoms with van der Waals surface area (Å²) in [5, 5.41) is 14.0. The van der Waals surface area contributed by atoms with E-state index < -0.39 is 22.5 Å². The predicted molar refractivity (Wildman–Crippen MR) is 133 cm³/mol. The number of nitro benzene ring substituents is 1. The van der Waals surface area contributed by atoms with Crippen molar-refractivity contribution in [1.82, 2.24) is 4.90 Å². The van der Waals surface area contributed by atoms with Crippen LogP contribution in [0.3, 0.4) is 0 Å². The predicted octanol–water partition coefficient (Wildman–Crippen LogP) is 4.85. The molecular formula is C26H31N3O7. The summed E-state index contributed by atoms with van der Waals surface area (Å²) >= 11 is 0. The van der Waals surface area contributed by atoms with Crippen LogP contribution in [0.1, 0.15) is 55.1 Å². The number of esters is 2. The SMILES string of the molecule is Cc1cc([N+](=O)[O-])cc(NC(=O)N2CCC(C(=O)OC(C)(C)C)CC2)c1C(=O)OCc1ccccc1. The first-order valence-corrected chi connectivity index (χ1v) is 11.7. The zero-order valence-electron chi connectivity index (χ0n) is 20.9. The molecule has 36 heavy (non-hydrogen) atoms. The van der Waals surface area contributed by atoms with Crippen molar-refractivity contribution in [2.24, 2.45) is 5.92 Å². The van der Waals surface area contributed by atoms with E-state index in [4.69, 9.17) is 9.47 Å². The molecule has 10 heteroatoms. The van der Waals surface area contributed by atoms with Crippen molar-refractivity contribution >= 4 is 29.3 Å². The van der Waals surface area contributed by atoms with Crippen molar-refractivity contribution in [2.75, 3.05) is 18.4 Å². The fourth-order valence-corrected chi connectivity index (χ4v) is 3.94. The highest BCUT2D eigenvalue weighted by atomic mass is 16.6. The molecule has 1 aliphatic heterocycles. The van der Waals surface area contributed by atoms with E-state index in [0.29, 0.717) is 31.5 Å². The molecule has 1 aliphatic rings. The van der Waals surface area contributed by atoms with Gasteiger partial charge < -0.3 is 19.7 Å². The van der Waals surface area contributed by atoms with Gasteiger partial charge in [0.2, 0.25) is 0 Å². The van der Waals surface area contributed by atoms with E-state index in [1.54, 1.807) is 39.8 Å². The Labute approximate surface area is 209 Å². The van der Waals surface area contributed by atoms with Crippen LogP contribution in [0.4, 0.5) is 16.2 Å². The van der Waals surface area contributed by atoms with Crippen molar-refractivity contribution in [3.8, 4) is 0 Å². The summed E-state index contributed by atoms with van der Waals surface area (Å²) in [5.74, 6) is -1.30. The van der Waals surface area contributed by atoms with E-state index in [2.05, 4.69) is 5.32 Å². The Bertz CT molecular complexity index is 1130. The van der Waals surface area contributed by atoms with Crippen LogP contribution in [0.2, 0.25) is 0 Å². The average molecular weight is 498 g/mol. The van der Waals surface area contributed by atoms with E-state index in [1.807, 2.05) is 18.2 Å². The van der Waals surface area contributed by atoms with Gasteiger partial charge in [0.05, 0.1) is 22.1 Å². The first-order chi connectivity index (χ1) is 16.9. The lowest BCUT2D eigenvalue weighted by Gasteiger charge is -2.32. The number of benzene rings is 2. The van der Waals surface area contributed by atoms with Gasteiger partial charge in [0.25, 0.3) is 5.69 Å². The van der Waals surface area contributed by atoms with Crippen LogP contribution in [-0.4, -0.2) is 46.5 Å². The minimum Gasteiger partial charge on any atom is -0.460 e. The number of likely N-dealkylation sites (tertiary alicyclic amines) is 1.